The Labute approximate surface area is 126 Å². The van der Waals surface area contributed by atoms with Gasteiger partial charge in [0.15, 0.2) is 0 Å². The van der Waals surface area contributed by atoms with E-state index >= 15 is 0 Å². The van der Waals surface area contributed by atoms with Crippen molar-refractivity contribution < 1.29 is 8.42 Å². The van der Waals surface area contributed by atoms with Crippen molar-refractivity contribution in [3.63, 3.8) is 0 Å². The van der Waals surface area contributed by atoms with E-state index in [1.165, 1.54) is 0 Å². The molecule has 2 aromatic rings. The summed E-state index contributed by atoms with van der Waals surface area (Å²) in [5.41, 5.74) is 4.09. The second kappa shape index (κ2) is 6.41. The van der Waals surface area contributed by atoms with E-state index in [0.29, 0.717) is 13.0 Å². The lowest BCUT2D eigenvalue weighted by Gasteiger charge is -2.06. The summed E-state index contributed by atoms with van der Waals surface area (Å²) in [6.45, 7) is 6.00. The smallest absolute Gasteiger partial charge is 0.211 e. The molecule has 0 aliphatic rings. The van der Waals surface area contributed by atoms with Gasteiger partial charge in [0.1, 0.15) is 0 Å². The number of aromatic nitrogens is 2. The highest BCUT2D eigenvalue weighted by molar-refractivity contribution is 7.89. The molecule has 1 heterocycles. The molecule has 0 aliphatic heterocycles. The lowest BCUT2D eigenvalue weighted by Crippen LogP contribution is -2.27. The number of benzene rings is 1. The molecule has 0 radical (unpaired) electrons. The first kappa shape index (κ1) is 15.7. The van der Waals surface area contributed by atoms with E-state index < -0.39 is 10.0 Å². The number of rotatable bonds is 6. The highest BCUT2D eigenvalue weighted by Gasteiger charge is 2.13. The van der Waals surface area contributed by atoms with Gasteiger partial charge in [-0.05, 0) is 44.9 Å². The molecule has 6 heteroatoms. The van der Waals surface area contributed by atoms with E-state index in [1.54, 1.807) is 6.92 Å². The van der Waals surface area contributed by atoms with Crippen LogP contribution in [0.5, 0.6) is 0 Å². The molecule has 114 valence electrons. The van der Waals surface area contributed by atoms with Crippen molar-refractivity contribution in [1.29, 1.82) is 0 Å². The Morgan fingerprint density at radius 1 is 1.19 bits per heavy atom. The van der Waals surface area contributed by atoms with Gasteiger partial charge in [0.2, 0.25) is 10.0 Å². The van der Waals surface area contributed by atoms with Gasteiger partial charge in [-0.15, -0.1) is 0 Å². The highest BCUT2D eigenvalue weighted by Crippen LogP contribution is 2.18. The van der Waals surface area contributed by atoms with Crippen molar-refractivity contribution >= 4 is 10.0 Å². The van der Waals surface area contributed by atoms with Gasteiger partial charge in [-0.1, -0.05) is 18.2 Å². The van der Waals surface area contributed by atoms with Crippen molar-refractivity contribution in [2.45, 2.75) is 27.2 Å². The minimum absolute atomic E-state index is 0.105. The highest BCUT2D eigenvalue weighted by atomic mass is 32.2. The van der Waals surface area contributed by atoms with E-state index in [4.69, 9.17) is 0 Å². The molecule has 1 aromatic carbocycles. The third-order valence-corrected chi connectivity index (χ3v) is 4.92. The van der Waals surface area contributed by atoms with Crippen molar-refractivity contribution in [2.24, 2.45) is 0 Å². The van der Waals surface area contributed by atoms with Crippen LogP contribution >= 0.6 is 0 Å². The van der Waals surface area contributed by atoms with Gasteiger partial charge in [-0.2, -0.15) is 5.10 Å². The SMILES string of the molecule is CCS(=O)(=O)NCCc1c(C)nn(-c2ccccc2)c1C. The summed E-state index contributed by atoms with van der Waals surface area (Å²) in [7, 11) is -3.14. The van der Waals surface area contributed by atoms with Crippen LogP contribution in [0.15, 0.2) is 30.3 Å². The molecule has 0 aliphatic carbocycles. The number of nitrogens with zero attached hydrogens (tertiary/aromatic N) is 2. The summed E-state index contributed by atoms with van der Waals surface area (Å²) in [6, 6.07) is 9.92. The molecule has 1 N–H and O–H groups in total. The Morgan fingerprint density at radius 2 is 1.86 bits per heavy atom. The number of aryl methyl sites for hydroxylation is 1. The van der Waals surface area contributed by atoms with Crippen LogP contribution < -0.4 is 4.72 Å². The van der Waals surface area contributed by atoms with Crippen molar-refractivity contribution in [3.05, 3.63) is 47.3 Å². The van der Waals surface area contributed by atoms with Gasteiger partial charge in [-0.25, -0.2) is 17.8 Å². The molecule has 2 rings (SSSR count). The average molecular weight is 307 g/mol. The van der Waals surface area contributed by atoms with Crippen LogP contribution in [0.25, 0.3) is 5.69 Å². The minimum Gasteiger partial charge on any atom is -0.238 e. The summed E-state index contributed by atoms with van der Waals surface area (Å²) < 4.78 is 27.4. The first-order chi connectivity index (χ1) is 9.94. The molecule has 0 saturated carbocycles. The third-order valence-electron chi connectivity index (χ3n) is 3.52. The number of sulfonamides is 1. The largest absolute Gasteiger partial charge is 0.238 e. The van der Waals surface area contributed by atoms with E-state index in [2.05, 4.69) is 9.82 Å². The van der Waals surface area contributed by atoms with Crippen LogP contribution in [-0.2, 0) is 16.4 Å². The Morgan fingerprint density at radius 3 is 2.48 bits per heavy atom. The molecule has 0 fully saturated rings. The van der Waals surface area contributed by atoms with E-state index in [0.717, 1.165) is 22.6 Å². The van der Waals surface area contributed by atoms with Gasteiger partial charge in [-0.3, -0.25) is 0 Å². The fourth-order valence-electron chi connectivity index (χ4n) is 2.29. The first-order valence-electron chi connectivity index (χ1n) is 7.02. The fourth-order valence-corrected chi connectivity index (χ4v) is 2.91. The lowest BCUT2D eigenvalue weighted by molar-refractivity contribution is 0.583. The molecule has 21 heavy (non-hydrogen) atoms. The second-order valence-electron chi connectivity index (χ2n) is 4.94. The standard InChI is InChI=1S/C15H21N3O2S/c1-4-21(19,20)16-11-10-15-12(2)17-18(13(15)3)14-8-6-5-7-9-14/h5-9,16H,4,10-11H2,1-3H3. The first-order valence-corrected chi connectivity index (χ1v) is 8.67. The van der Waals surface area contributed by atoms with E-state index in [9.17, 15) is 8.42 Å². The number of hydrogen-bond acceptors (Lipinski definition) is 3. The summed E-state index contributed by atoms with van der Waals surface area (Å²) in [6.07, 6.45) is 0.643. The average Bonchev–Trinajstić information content (AvgIpc) is 2.76. The topological polar surface area (TPSA) is 64.0 Å². The Hall–Kier alpha value is -1.66. The van der Waals surface area contributed by atoms with Crippen LogP contribution in [-0.4, -0.2) is 30.5 Å². The molecular weight excluding hydrogens is 286 g/mol. The lowest BCUT2D eigenvalue weighted by atomic mass is 10.1. The van der Waals surface area contributed by atoms with E-state index in [1.807, 2.05) is 48.9 Å². The number of nitrogens with one attached hydrogen (secondary N) is 1. The molecule has 0 bridgehead atoms. The van der Waals surface area contributed by atoms with Gasteiger partial charge < -0.3 is 0 Å². The van der Waals surface area contributed by atoms with Gasteiger partial charge in [0, 0.05) is 12.2 Å². The molecule has 0 amide bonds. The fraction of sp³-hybridized carbons (Fsp3) is 0.400. The van der Waals surface area contributed by atoms with E-state index in [-0.39, 0.29) is 5.75 Å². The Kier molecular flexibility index (Phi) is 4.80. The molecule has 0 atom stereocenters. The number of para-hydroxylation sites is 1. The minimum atomic E-state index is -3.14. The summed E-state index contributed by atoms with van der Waals surface area (Å²) in [5, 5.41) is 4.56. The van der Waals surface area contributed by atoms with Crippen molar-refractivity contribution in [3.8, 4) is 5.69 Å². The van der Waals surface area contributed by atoms with Crippen LogP contribution in [0.1, 0.15) is 23.9 Å². The zero-order chi connectivity index (χ0) is 15.5. The Bertz CT molecular complexity index is 706. The van der Waals surface area contributed by atoms with Crippen LogP contribution in [0, 0.1) is 13.8 Å². The molecule has 1 aromatic heterocycles. The predicted octanol–water partition coefficient (Wildman–Crippen LogP) is 1.97. The van der Waals surface area contributed by atoms with Crippen LogP contribution in [0.2, 0.25) is 0 Å². The second-order valence-corrected chi connectivity index (χ2v) is 7.04. The predicted molar refractivity (Wildman–Crippen MR) is 84.2 cm³/mol. The molecule has 0 saturated heterocycles. The van der Waals surface area contributed by atoms with Gasteiger partial charge in [0.05, 0.1) is 17.1 Å². The maximum atomic E-state index is 11.5. The van der Waals surface area contributed by atoms with Crippen molar-refractivity contribution in [2.75, 3.05) is 12.3 Å². The zero-order valence-electron chi connectivity index (χ0n) is 12.6. The normalized spacial score (nSPS) is 11.8. The monoisotopic (exact) mass is 307 g/mol. The summed E-state index contributed by atoms with van der Waals surface area (Å²) in [5.74, 6) is 0.105. The Balaban J connectivity index is 2.17. The summed E-state index contributed by atoms with van der Waals surface area (Å²) >= 11 is 0. The van der Waals surface area contributed by atoms with Gasteiger partial charge >= 0.3 is 0 Å². The third kappa shape index (κ3) is 3.71. The van der Waals surface area contributed by atoms with Crippen LogP contribution in [0.3, 0.4) is 0 Å². The summed E-state index contributed by atoms with van der Waals surface area (Å²) in [4.78, 5) is 0. The quantitative estimate of drug-likeness (QED) is 0.887. The molecular formula is C15H21N3O2S. The van der Waals surface area contributed by atoms with Crippen LogP contribution in [0.4, 0.5) is 0 Å². The molecule has 0 spiro atoms. The molecule has 5 nitrogen and oxygen atoms in total. The maximum Gasteiger partial charge on any atom is 0.211 e. The maximum absolute atomic E-state index is 11.5. The van der Waals surface area contributed by atoms with Crippen molar-refractivity contribution in [1.82, 2.24) is 14.5 Å². The number of hydrogen-bond donors (Lipinski definition) is 1. The molecule has 0 unspecified atom stereocenters. The van der Waals surface area contributed by atoms with Gasteiger partial charge in [0.25, 0.3) is 0 Å². The zero-order valence-corrected chi connectivity index (χ0v) is 13.4.